The average Bonchev–Trinajstić information content (AvgIpc) is 3.06. The fourth-order valence-corrected chi connectivity index (χ4v) is 4.37. The van der Waals surface area contributed by atoms with E-state index in [-0.39, 0.29) is 0 Å². The summed E-state index contributed by atoms with van der Waals surface area (Å²) in [5.74, 6) is 1.23. The van der Waals surface area contributed by atoms with Crippen LogP contribution in [0, 0.1) is 0 Å². The van der Waals surface area contributed by atoms with Crippen molar-refractivity contribution in [3.63, 3.8) is 0 Å². The summed E-state index contributed by atoms with van der Waals surface area (Å²) in [5, 5.41) is 0. The zero-order valence-electron chi connectivity index (χ0n) is 15.8. The Hall–Kier alpha value is -2.14. The zero-order valence-corrected chi connectivity index (χ0v) is 15.8. The molecule has 2 aliphatic rings. The number of hydrogen-bond acceptors (Lipinski definition) is 5. The first kappa shape index (κ1) is 17.3. The van der Waals surface area contributed by atoms with Crippen molar-refractivity contribution in [2.45, 2.75) is 50.6 Å². The predicted molar refractivity (Wildman–Crippen MR) is 102 cm³/mol. The highest BCUT2D eigenvalue weighted by Crippen LogP contribution is 2.42. The van der Waals surface area contributed by atoms with Crippen LogP contribution in [0.15, 0.2) is 30.5 Å². The van der Waals surface area contributed by atoms with E-state index in [4.69, 9.17) is 9.47 Å². The minimum atomic E-state index is 0.318. The van der Waals surface area contributed by atoms with Gasteiger partial charge in [-0.05, 0) is 56.2 Å². The van der Waals surface area contributed by atoms with Crippen molar-refractivity contribution >= 4 is 0 Å². The average molecular weight is 353 g/mol. The summed E-state index contributed by atoms with van der Waals surface area (Å²) in [6, 6.07) is 10.7. The molecule has 0 amide bonds. The van der Waals surface area contributed by atoms with Crippen molar-refractivity contribution in [2.24, 2.45) is 0 Å². The van der Waals surface area contributed by atoms with Gasteiger partial charge in [-0.15, -0.1) is 0 Å². The molecule has 0 bridgehead atoms. The molecule has 0 radical (unpaired) electrons. The fraction of sp³-hybridized carbons (Fsp3) is 0.524. The van der Waals surface area contributed by atoms with Crippen molar-refractivity contribution < 1.29 is 9.47 Å². The third kappa shape index (κ3) is 3.16. The molecule has 1 aromatic carbocycles. The van der Waals surface area contributed by atoms with Crippen LogP contribution in [0.5, 0.6) is 11.9 Å². The van der Waals surface area contributed by atoms with Gasteiger partial charge in [0.1, 0.15) is 0 Å². The Morgan fingerprint density at radius 2 is 1.85 bits per heavy atom. The monoisotopic (exact) mass is 353 g/mol. The lowest BCUT2D eigenvalue weighted by atomic mass is 9.74. The maximum absolute atomic E-state index is 5.40. The van der Waals surface area contributed by atoms with Crippen molar-refractivity contribution in [3.05, 3.63) is 36.0 Å². The van der Waals surface area contributed by atoms with E-state index in [9.17, 15) is 0 Å². The van der Waals surface area contributed by atoms with Gasteiger partial charge in [-0.25, -0.2) is 4.98 Å². The van der Waals surface area contributed by atoms with E-state index in [1.807, 2.05) is 0 Å². The van der Waals surface area contributed by atoms with E-state index >= 15 is 0 Å². The summed E-state index contributed by atoms with van der Waals surface area (Å²) in [6.07, 6.45) is 7.07. The highest BCUT2D eigenvalue weighted by Gasteiger charge is 2.37. The van der Waals surface area contributed by atoms with Gasteiger partial charge < -0.3 is 9.47 Å². The van der Waals surface area contributed by atoms with Gasteiger partial charge in [0.25, 0.3) is 0 Å². The molecule has 5 heteroatoms. The van der Waals surface area contributed by atoms with E-state index in [1.165, 1.54) is 37.8 Å². The second-order valence-corrected chi connectivity index (χ2v) is 7.45. The number of nitrogens with zero attached hydrogens (tertiary/aromatic N) is 3. The third-order valence-electron chi connectivity index (χ3n) is 5.99. The Morgan fingerprint density at radius 1 is 1.08 bits per heavy atom. The molecule has 26 heavy (non-hydrogen) atoms. The van der Waals surface area contributed by atoms with Crippen LogP contribution in [0.3, 0.4) is 0 Å². The maximum atomic E-state index is 5.40. The second-order valence-electron chi connectivity index (χ2n) is 7.45. The Kier molecular flexibility index (Phi) is 4.81. The minimum absolute atomic E-state index is 0.318. The number of aromatic nitrogens is 2. The van der Waals surface area contributed by atoms with Gasteiger partial charge in [0.2, 0.25) is 5.88 Å². The van der Waals surface area contributed by atoms with Crippen LogP contribution >= 0.6 is 0 Å². The van der Waals surface area contributed by atoms with Crippen LogP contribution < -0.4 is 9.47 Å². The first-order valence-corrected chi connectivity index (χ1v) is 9.50. The molecule has 0 N–H and O–H groups in total. The van der Waals surface area contributed by atoms with Gasteiger partial charge in [-0.3, -0.25) is 4.90 Å². The van der Waals surface area contributed by atoms with Gasteiger partial charge >= 0.3 is 6.01 Å². The van der Waals surface area contributed by atoms with Crippen LogP contribution in [0.2, 0.25) is 0 Å². The van der Waals surface area contributed by atoms with Gasteiger partial charge in [-0.1, -0.05) is 24.3 Å². The second kappa shape index (κ2) is 7.23. The number of hydrogen-bond donors (Lipinski definition) is 0. The fourth-order valence-electron chi connectivity index (χ4n) is 4.37. The van der Waals surface area contributed by atoms with Crippen molar-refractivity contribution in [2.75, 3.05) is 20.8 Å². The van der Waals surface area contributed by atoms with Gasteiger partial charge in [0.05, 0.1) is 19.8 Å². The van der Waals surface area contributed by atoms with Crippen molar-refractivity contribution in [3.8, 4) is 23.0 Å². The van der Waals surface area contributed by atoms with Crippen LogP contribution in [-0.2, 0) is 0 Å². The van der Waals surface area contributed by atoms with Crippen LogP contribution in [0.4, 0.5) is 0 Å². The molecule has 5 nitrogen and oxygen atoms in total. The van der Waals surface area contributed by atoms with E-state index in [0.717, 1.165) is 23.2 Å². The standard InChI is InChI=1S/C21H27N3O2/c1-14-5-4-10-24(14)18-11-17(12-18)15-6-8-16(9-7-15)19-13-22-21(26-3)23-20(19)25-2/h6-9,13-14,17-18H,4-5,10-12H2,1-3H3/t14-,17?,18?/m0/s1. The molecule has 1 aromatic heterocycles. The first-order chi connectivity index (χ1) is 12.7. The molecular weight excluding hydrogens is 326 g/mol. The molecule has 4 rings (SSSR count). The Labute approximate surface area is 155 Å². The quantitative estimate of drug-likeness (QED) is 0.816. The maximum Gasteiger partial charge on any atom is 0.319 e. The highest BCUT2D eigenvalue weighted by molar-refractivity contribution is 5.68. The number of benzene rings is 1. The number of methoxy groups -OCH3 is 2. The summed E-state index contributed by atoms with van der Waals surface area (Å²) in [6.45, 7) is 3.66. The van der Waals surface area contributed by atoms with Gasteiger partial charge in [0.15, 0.2) is 0 Å². The Morgan fingerprint density at radius 3 is 2.46 bits per heavy atom. The van der Waals surface area contributed by atoms with E-state index < -0.39 is 0 Å². The molecule has 1 atom stereocenters. The lowest BCUT2D eigenvalue weighted by Gasteiger charge is -2.43. The zero-order chi connectivity index (χ0) is 18.1. The van der Waals surface area contributed by atoms with Crippen LogP contribution in [-0.4, -0.2) is 47.7 Å². The summed E-state index contributed by atoms with van der Waals surface area (Å²) in [4.78, 5) is 11.2. The Balaban J connectivity index is 1.45. The molecule has 2 aromatic rings. The van der Waals surface area contributed by atoms with E-state index in [2.05, 4.69) is 46.1 Å². The summed E-state index contributed by atoms with van der Waals surface area (Å²) < 4.78 is 10.5. The SMILES string of the molecule is COc1ncc(-c2ccc(C3CC(N4CCC[C@@H]4C)C3)cc2)c(OC)n1. The smallest absolute Gasteiger partial charge is 0.319 e. The number of likely N-dealkylation sites (tertiary alicyclic amines) is 1. The Bertz CT molecular complexity index is 756. The minimum Gasteiger partial charge on any atom is -0.480 e. The molecule has 2 fully saturated rings. The van der Waals surface area contributed by atoms with Crippen molar-refractivity contribution in [1.82, 2.24) is 14.9 Å². The molecule has 1 saturated carbocycles. The summed E-state index contributed by atoms with van der Waals surface area (Å²) >= 11 is 0. The molecule has 1 aliphatic carbocycles. The molecule has 2 heterocycles. The van der Waals surface area contributed by atoms with Gasteiger partial charge in [-0.2, -0.15) is 4.98 Å². The van der Waals surface area contributed by atoms with Gasteiger partial charge in [0, 0.05) is 18.3 Å². The predicted octanol–water partition coefficient (Wildman–Crippen LogP) is 3.89. The third-order valence-corrected chi connectivity index (χ3v) is 5.99. The molecule has 0 unspecified atom stereocenters. The van der Waals surface area contributed by atoms with E-state index in [1.54, 1.807) is 20.4 Å². The summed E-state index contributed by atoms with van der Waals surface area (Å²) in [5.41, 5.74) is 3.39. The topological polar surface area (TPSA) is 47.5 Å². The summed E-state index contributed by atoms with van der Waals surface area (Å²) in [7, 11) is 3.17. The molecule has 138 valence electrons. The molecule has 0 spiro atoms. The van der Waals surface area contributed by atoms with Crippen LogP contribution in [0.25, 0.3) is 11.1 Å². The first-order valence-electron chi connectivity index (χ1n) is 9.50. The molecular formula is C21H27N3O2. The number of ether oxygens (including phenoxy) is 2. The van der Waals surface area contributed by atoms with Crippen molar-refractivity contribution in [1.29, 1.82) is 0 Å². The lowest BCUT2D eigenvalue weighted by Crippen LogP contribution is -2.45. The van der Waals surface area contributed by atoms with Crippen LogP contribution in [0.1, 0.15) is 44.1 Å². The van der Waals surface area contributed by atoms with E-state index in [0.29, 0.717) is 17.8 Å². The molecule has 1 aliphatic heterocycles. The number of rotatable bonds is 5. The normalized spacial score (nSPS) is 25.7. The largest absolute Gasteiger partial charge is 0.480 e. The lowest BCUT2D eigenvalue weighted by molar-refractivity contribution is 0.103. The highest BCUT2D eigenvalue weighted by atomic mass is 16.5. The molecule has 1 saturated heterocycles.